The van der Waals surface area contributed by atoms with Crippen LogP contribution >= 0.6 is 11.6 Å². The molecular formula is C18H20ClNO4S. The van der Waals surface area contributed by atoms with Gasteiger partial charge in [0.1, 0.15) is 0 Å². The maximum absolute atomic E-state index is 12.5. The van der Waals surface area contributed by atoms with Gasteiger partial charge >= 0.3 is 0 Å². The molecule has 1 unspecified atom stereocenters. The predicted molar refractivity (Wildman–Crippen MR) is 97.8 cm³/mol. The fourth-order valence-corrected chi connectivity index (χ4v) is 4.63. The third-order valence-corrected chi connectivity index (χ3v) is 5.92. The van der Waals surface area contributed by atoms with Gasteiger partial charge in [0.2, 0.25) is 10.0 Å². The van der Waals surface area contributed by atoms with E-state index in [1.165, 1.54) is 0 Å². The Bertz CT molecular complexity index is 865. The van der Waals surface area contributed by atoms with Crippen molar-refractivity contribution in [2.24, 2.45) is 0 Å². The van der Waals surface area contributed by atoms with E-state index in [-0.39, 0.29) is 11.8 Å². The summed E-state index contributed by atoms with van der Waals surface area (Å²) in [4.78, 5) is 0. The molecule has 0 saturated heterocycles. The standard InChI is InChI=1S/C18H20ClNO4S/c1-23-17-9-13-5-8-16(15(13)10-18(17)24-2)20-25(21,22)11-12-3-6-14(19)7-4-12/h3-4,6-7,9-10,16,20H,5,8,11H2,1-2H3. The molecule has 0 fully saturated rings. The van der Waals surface area contributed by atoms with E-state index in [1.54, 1.807) is 38.5 Å². The molecule has 0 radical (unpaired) electrons. The lowest BCUT2D eigenvalue weighted by Gasteiger charge is -2.16. The minimum Gasteiger partial charge on any atom is -0.493 e. The Hall–Kier alpha value is -1.76. The van der Waals surface area contributed by atoms with Crippen LogP contribution in [-0.4, -0.2) is 22.6 Å². The molecule has 2 aromatic rings. The molecule has 5 nitrogen and oxygen atoms in total. The summed E-state index contributed by atoms with van der Waals surface area (Å²) < 4.78 is 38.5. The minimum absolute atomic E-state index is 0.0801. The number of aryl methyl sites for hydroxylation is 1. The van der Waals surface area contributed by atoms with Crippen molar-refractivity contribution in [2.75, 3.05) is 14.2 Å². The first-order valence-electron chi connectivity index (χ1n) is 7.91. The molecule has 0 spiro atoms. The molecule has 1 N–H and O–H groups in total. The Labute approximate surface area is 153 Å². The van der Waals surface area contributed by atoms with Crippen LogP contribution in [0.3, 0.4) is 0 Å². The second kappa shape index (κ2) is 7.23. The van der Waals surface area contributed by atoms with Gasteiger partial charge in [0.25, 0.3) is 0 Å². The van der Waals surface area contributed by atoms with Crippen LogP contribution in [0.25, 0.3) is 0 Å². The topological polar surface area (TPSA) is 64.6 Å². The van der Waals surface area contributed by atoms with Gasteiger partial charge in [-0.1, -0.05) is 23.7 Å². The van der Waals surface area contributed by atoms with Gasteiger partial charge in [-0.2, -0.15) is 0 Å². The predicted octanol–water partition coefficient (Wildman–Crippen LogP) is 3.46. The highest BCUT2D eigenvalue weighted by molar-refractivity contribution is 7.88. The van der Waals surface area contributed by atoms with E-state index in [1.807, 2.05) is 12.1 Å². The third-order valence-electron chi connectivity index (χ3n) is 4.31. The quantitative estimate of drug-likeness (QED) is 0.832. The van der Waals surface area contributed by atoms with Crippen LogP contribution in [0.4, 0.5) is 0 Å². The van der Waals surface area contributed by atoms with E-state index in [4.69, 9.17) is 21.1 Å². The molecule has 134 valence electrons. The maximum Gasteiger partial charge on any atom is 0.216 e. The molecule has 0 bridgehead atoms. The van der Waals surface area contributed by atoms with Gasteiger partial charge in [0.15, 0.2) is 11.5 Å². The maximum atomic E-state index is 12.5. The second-order valence-corrected chi connectivity index (χ2v) is 8.19. The molecule has 1 atom stereocenters. The summed E-state index contributed by atoms with van der Waals surface area (Å²) in [5, 5.41) is 0.583. The first-order valence-corrected chi connectivity index (χ1v) is 9.94. The largest absolute Gasteiger partial charge is 0.493 e. The van der Waals surface area contributed by atoms with Gasteiger partial charge < -0.3 is 9.47 Å². The van der Waals surface area contributed by atoms with Crippen molar-refractivity contribution in [1.29, 1.82) is 0 Å². The zero-order valence-electron chi connectivity index (χ0n) is 14.1. The van der Waals surface area contributed by atoms with Crippen LogP contribution in [0.5, 0.6) is 11.5 Å². The summed E-state index contributed by atoms with van der Waals surface area (Å²) >= 11 is 5.84. The van der Waals surface area contributed by atoms with Crippen LogP contribution in [0.15, 0.2) is 36.4 Å². The highest BCUT2D eigenvalue weighted by atomic mass is 35.5. The molecule has 0 aromatic heterocycles. The number of benzene rings is 2. The first-order chi connectivity index (χ1) is 11.9. The van der Waals surface area contributed by atoms with Crippen molar-refractivity contribution in [3.05, 3.63) is 58.1 Å². The van der Waals surface area contributed by atoms with Crippen molar-refractivity contribution >= 4 is 21.6 Å². The number of hydrogen-bond donors (Lipinski definition) is 1. The van der Waals surface area contributed by atoms with E-state index in [9.17, 15) is 8.42 Å². The number of fused-ring (bicyclic) bond motifs is 1. The Kier molecular flexibility index (Phi) is 5.22. The van der Waals surface area contributed by atoms with Crippen molar-refractivity contribution in [1.82, 2.24) is 4.72 Å². The SMILES string of the molecule is COc1cc2c(cc1OC)C(NS(=O)(=O)Cc1ccc(Cl)cc1)CC2. The third kappa shape index (κ3) is 4.08. The van der Waals surface area contributed by atoms with Crippen LogP contribution in [0.1, 0.15) is 29.2 Å². The van der Waals surface area contributed by atoms with E-state index in [0.717, 1.165) is 17.5 Å². The normalized spacial score (nSPS) is 16.5. The average molecular weight is 382 g/mol. The van der Waals surface area contributed by atoms with Crippen molar-refractivity contribution in [3.63, 3.8) is 0 Å². The van der Waals surface area contributed by atoms with Gasteiger partial charge in [-0.05, 0) is 53.8 Å². The van der Waals surface area contributed by atoms with E-state index < -0.39 is 10.0 Å². The zero-order valence-corrected chi connectivity index (χ0v) is 15.7. The number of hydrogen-bond acceptors (Lipinski definition) is 4. The van der Waals surface area contributed by atoms with Crippen LogP contribution in [0.2, 0.25) is 5.02 Å². The first kappa shape index (κ1) is 18.0. The Morgan fingerprint density at radius 2 is 1.76 bits per heavy atom. The molecule has 0 amide bonds. The number of ether oxygens (including phenoxy) is 2. The lowest BCUT2D eigenvalue weighted by Crippen LogP contribution is -2.28. The Balaban J connectivity index is 1.79. The summed E-state index contributed by atoms with van der Waals surface area (Å²) in [5.74, 6) is 1.18. The number of nitrogens with one attached hydrogen (secondary N) is 1. The fraction of sp³-hybridized carbons (Fsp3) is 0.333. The zero-order chi connectivity index (χ0) is 18.0. The van der Waals surface area contributed by atoms with E-state index in [2.05, 4.69) is 4.72 Å². The van der Waals surface area contributed by atoms with Gasteiger partial charge in [-0.3, -0.25) is 0 Å². The van der Waals surface area contributed by atoms with Crippen molar-refractivity contribution in [2.45, 2.75) is 24.6 Å². The van der Waals surface area contributed by atoms with Crippen molar-refractivity contribution < 1.29 is 17.9 Å². The lowest BCUT2D eigenvalue weighted by molar-refractivity contribution is 0.354. The molecule has 7 heteroatoms. The summed E-state index contributed by atoms with van der Waals surface area (Å²) in [5.41, 5.74) is 2.72. The highest BCUT2D eigenvalue weighted by Crippen LogP contribution is 2.39. The summed E-state index contributed by atoms with van der Waals surface area (Å²) in [6.45, 7) is 0. The van der Waals surface area contributed by atoms with Crippen LogP contribution in [0, 0.1) is 0 Å². The van der Waals surface area contributed by atoms with Gasteiger partial charge in [0.05, 0.1) is 20.0 Å². The highest BCUT2D eigenvalue weighted by Gasteiger charge is 2.28. The molecule has 2 aromatic carbocycles. The van der Waals surface area contributed by atoms with E-state index in [0.29, 0.717) is 28.5 Å². The molecule has 1 aliphatic carbocycles. The molecule has 3 rings (SSSR count). The number of rotatable bonds is 6. The Morgan fingerprint density at radius 1 is 1.12 bits per heavy atom. The van der Waals surface area contributed by atoms with Crippen molar-refractivity contribution in [3.8, 4) is 11.5 Å². The van der Waals surface area contributed by atoms with Crippen LogP contribution in [-0.2, 0) is 22.2 Å². The van der Waals surface area contributed by atoms with Gasteiger partial charge in [0, 0.05) is 11.1 Å². The monoisotopic (exact) mass is 381 g/mol. The molecular weight excluding hydrogens is 362 g/mol. The number of halogens is 1. The van der Waals surface area contributed by atoms with Gasteiger partial charge in [-0.15, -0.1) is 0 Å². The summed E-state index contributed by atoms with van der Waals surface area (Å²) in [7, 11) is -0.317. The lowest BCUT2D eigenvalue weighted by atomic mass is 10.1. The molecule has 0 heterocycles. The fourth-order valence-electron chi connectivity index (χ4n) is 3.11. The molecule has 25 heavy (non-hydrogen) atoms. The second-order valence-electron chi connectivity index (χ2n) is 6.00. The number of sulfonamides is 1. The summed E-state index contributed by atoms with van der Waals surface area (Å²) in [6, 6.07) is 10.3. The molecule has 1 aliphatic rings. The molecule has 0 saturated carbocycles. The smallest absolute Gasteiger partial charge is 0.216 e. The minimum atomic E-state index is -3.47. The number of methoxy groups -OCH3 is 2. The average Bonchev–Trinajstić information content (AvgIpc) is 2.96. The van der Waals surface area contributed by atoms with Gasteiger partial charge in [-0.25, -0.2) is 13.1 Å². The van der Waals surface area contributed by atoms with Crippen LogP contribution < -0.4 is 14.2 Å². The Morgan fingerprint density at radius 3 is 2.40 bits per heavy atom. The summed E-state index contributed by atoms with van der Waals surface area (Å²) in [6.07, 6.45) is 1.51. The van der Waals surface area contributed by atoms with E-state index >= 15 is 0 Å². The molecule has 0 aliphatic heterocycles.